The number of rotatable bonds is 6. The number of ether oxygens (including phenoxy) is 1. The molecular formula is C14H17NO2S. The first-order valence-corrected chi connectivity index (χ1v) is 6.96. The second kappa shape index (κ2) is 6.52. The molecule has 0 aliphatic rings. The lowest BCUT2D eigenvalue weighted by Crippen LogP contribution is -2.02. The number of aliphatic hydroxyl groups excluding tert-OH is 1. The van der Waals surface area contributed by atoms with Gasteiger partial charge in [-0.3, -0.25) is 0 Å². The fourth-order valence-corrected chi connectivity index (χ4v) is 2.32. The van der Waals surface area contributed by atoms with Crippen molar-refractivity contribution in [2.24, 2.45) is 0 Å². The lowest BCUT2D eigenvalue weighted by Gasteiger charge is -2.11. The summed E-state index contributed by atoms with van der Waals surface area (Å²) < 4.78 is 5.56. The van der Waals surface area contributed by atoms with E-state index in [9.17, 15) is 5.11 Å². The molecule has 0 aliphatic carbocycles. The van der Waals surface area contributed by atoms with E-state index in [0.717, 1.165) is 22.7 Å². The Morgan fingerprint density at radius 2 is 2.33 bits per heavy atom. The number of nitrogens with zero attached hydrogens (tertiary/aromatic N) is 1. The van der Waals surface area contributed by atoms with Crippen molar-refractivity contribution in [1.82, 2.24) is 4.98 Å². The van der Waals surface area contributed by atoms with Crippen molar-refractivity contribution in [2.45, 2.75) is 25.9 Å². The van der Waals surface area contributed by atoms with Gasteiger partial charge in [-0.25, -0.2) is 4.98 Å². The van der Waals surface area contributed by atoms with Crippen LogP contribution in [0.3, 0.4) is 0 Å². The van der Waals surface area contributed by atoms with Crippen molar-refractivity contribution in [2.75, 3.05) is 6.61 Å². The molecule has 0 aliphatic heterocycles. The summed E-state index contributed by atoms with van der Waals surface area (Å²) in [4.78, 5) is 4.18. The van der Waals surface area contributed by atoms with Crippen LogP contribution in [-0.4, -0.2) is 16.7 Å². The molecule has 0 saturated heterocycles. The van der Waals surface area contributed by atoms with Crippen LogP contribution >= 0.6 is 11.3 Å². The van der Waals surface area contributed by atoms with Gasteiger partial charge in [-0.2, -0.15) is 0 Å². The zero-order valence-corrected chi connectivity index (χ0v) is 11.2. The molecule has 0 fully saturated rings. The van der Waals surface area contributed by atoms with Gasteiger partial charge in [-0.05, 0) is 24.1 Å². The highest BCUT2D eigenvalue weighted by Gasteiger charge is 2.10. The molecule has 1 N–H and O–H groups in total. The van der Waals surface area contributed by atoms with Crippen molar-refractivity contribution in [3.63, 3.8) is 0 Å². The smallest absolute Gasteiger partial charge is 0.119 e. The molecule has 2 aromatic rings. The maximum Gasteiger partial charge on any atom is 0.119 e. The van der Waals surface area contributed by atoms with Gasteiger partial charge in [0.1, 0.15) is 5.75 Å². The normalized spacial score (nSPS) is 12.3. The fraction of sp³-hybridized carbons (Fsp3) is 0.357. The Bertz CT molecular complexity index is 470. The number of hydrogen-bond acceptors (Lipinski definition) is 4. The van der Waals surface area contributed by atoms with E-state index in [1.165, 1.54) is 0 Å². The molecule has 18 heavy (non-hydrogen) atoms. The molecule has 0 spiro atoms. The van der Waals surface area contributed by atoms with E-state index in [1.54, 1.807) is 17.5 Å². The largest absolute Gasteiger partial charge is 0.494 e. The van der Waals surface area contributed by atoms with Crippen molar-refractivity contribution < 1.29 is 9.84 Å². The maximum absolute atomic E-state index is 10.2. The molecule has 4 heteroatoms. The summed E-state index contributed by atoms with van der Waals surface area (Å²) in [6.07, 6.45) is 2.76. The Hall–Kier alpha value is -1.39. The lowest BCUT2D eigenvalue weighted by molar-refractivity contribution is 0.177. The quantitative estimate of drug-likeness (QED) is 0.870. The van der Waals surface area contributed by atoms with Gasteiger partial charge >= 0.3 is 0 Å². The van der Waals surface area contributed by atoms with Crippen LogP contribution in [0.4, 0.5) is 0 Å². The van der Waals surface area contributed by atoms with E-state index >= 15 is 0 Å². The summed E-state index contributed by atoms with van der Waals surface area (Å²) in [5, 5.41) is 13.0. The number of benzene rings is 1. The summed E-state index contributed by atoms with van der Waals surface area (Å²) in [6, 6.07) is 7.63. The van der Waals surface area contributed by atoms with Crippen LogP contribution in [0.5, 0.6) is 5.75 Å². The minimum absolute atomic E-state index is 0.527. The first kappa shape index (κ1) is 13.1. The van der Waals surface area contributed by atoms with E-state index in [2.05, 4.69) is 11.9 Å². The SMILES string of the molecule is CCCOc1cccc(C(O)Cc2nccs2)c1. The standard InChI is InChI=1S/C14H17NO2S/c1-2-7-17-12-5-3-4-11(9-12)13(16)10-14-15-6-8-18-14/h3-6,8-9,13,16H,2,7,10H2,1H3. The highest BCUT2D eigenvalue weighted by molar-refractivity contribution is 7.09. The second-order valence-corrected chi connectivity index (χ2v) is 5.05. The second-order valence-electron chi connectivity index (χ2n) is 4.07. The Kier molecular flexibility index (Phi) is 4.73. The number of hydrogen-bond donors (Lipinski definition) is 1. The molecular weight excluding hydrogens is 246 g/mol. The summed E-state index contributed by atoms with van der Waals surface area (Å²) in [5.41, 5.74) is 0.874. The minimum atomic E-state index is -0.527. The molecule has 1 aromatic carbocycles. The van der Waals surface area contributed by atoms with E-state index in [4.69, 9.17) is 4.74 Å². The maximum atomic E-state index is 10.2. The lowest BCUT2D eigenvalue weighted by atomic mass is 10.1. The van der Waals surface area contributed by atoms with Gasteiger partial charge in [0.2, 0.25) is 0 Å². The van der Waals surface area contributed by atoms with Gasteiger partial charge in [0.25, 0.3) is 0 Å². The zero-order chi connectivity index (χ0) is 12.8. The van der Waals surface area contributed by atoms with Gasteiger partial charge in [0.15, 0.2) is 0 Å². The number of aliphatic hydroxyl groups is 1. The van der Waals surface area contributed by atoms with Gasteiger partial charge < -0.3 is 9.84 Å². The summed E-state index contributed by atoms with van der Waals surface area (Å²) >= 11 is 1.56. The third-order valence-corrected chi connectivity index (χ3v) is 3.37. The minimum Gasteiger partial charge on any atom is -0.494 e. The molecule has 2 rings (SSSR count). The van der Waals surface area contributed by atoms with Crippen LogP contribution in [0.1, 0.15) is 30.0 Å². The van der Waals surface area contributed by atoms with Gasteiger partial charge in [0, 0.05) is 18.0 Å². The predicted octanol–water partition coefficient (Wildman–Crippen LogP) is 3.21. The molecule has 1 heterocycles. The topological polar surface area (TPSA) is 42.4 Å². The Morgan fingerprint density at radius 1 is 1.44 bits per heavy atom. The van der Waals surface area contributed by atoms with Crippen LogP contribution in [-0.2, 0) is 6.42 Å². The molecule has 0 amide bonds. The molecule has 0 saturated carbocycles. The van der Waals surface area contributed by atoms with E-state index in [-0.39, 0.29) is 0 Å². The Balaban J connectivity index is 2.03. The van der Waals surface area contributed by atoms with E-state index in [1.807, 2.05) is 29.6 Å². The van der Waals surface area contributed by atoms with Crippen LogP contribution in [0.2, 0.25) is 0 Å². The van der Waals surface area contributed by atoms with E-state index < -0.39 is 6.10 Å². The first-order chi connectivity index (χ1) is 8.79. The van der Waals surface area contributed by atoms with E-state index in [0.29, 0.717) is 13.0 Å². The average molecular weight is 263 g/mol. The molecule has 1 atom stereocenters. The predicted molar refractivity (Wildman–Crippen MR) is 73.0 cm³/mol. The fourth-order valence-electron chi connectivity index (χ4n) is 1.67. The summed E-state index contributed by atoms with van der Waals surface area (Å²) in [6.45, 7) is 2.77. The molecule has 0 radical (unpaired) electrons. The summed E-state index contributed by atoms with van der Waals surface area (Å²) in [7, 11) is 0. The van der Waals surface area contributed by atoms with Crippen molar-refractivity contribution in [1.29, 1.82) is 0 Å². The highest BCUT2D eigenvalue weighted by atomic mass is 32.1. The average Bonchev–Trinajstić information content (AvgIpc) is 2.89. The summed E-state index contributed by atoms with van der Waals surface area (Å²) in [5.74, 6) is 0.813. The Labute approximate surface area is 111 Å². The molecule has 0 bridgehead atoms. The van der Waals surface area contributed by atoms with Crippen LogP contribution in [0.25, 0.3) is 0 Å². The van der Waals surface area contributed by atoms with Crippen LogP contribution in [0, 0.1) is 0 Å². The third-order valence-electron chi connectivity index (χ3n) is 2.57. The van der Waals surface area contributed by atoms with Gasteiger partial charge in [-0.1, -0.05) is 19.1 Å². The third kappa shape index (κ3) is 3.55. The first-order valence-electron chi connectivity index (χ1n) is 6.08. The van der Waals surface area contributed by atoms with Crippen molar-refractivity contribution in [3.05, 3.63) is 46.4 Å². The van der Waals surface area contributed by atoms with Crippen LogP contribution < -0.4 is 4.74 Å². The monoisotopic (exact) mass is 263 g/mol. The molecule has 96 valence electrons. The molecule has 3 nitrogen and oxygen atoms in total. The van der Waals surface area contributed by atoms with Crippen molar-refractivity contribution >= 4 is 11.3 Å². The molecule has 1 unspecified atom stereocenters. The van der Waals surface area contributed by atoms with Gasteiger partial charge in [0.05, 0.1) is 17.7 Å². The van der Waals surface area contributed by atoms with Crippen LogP contribution in [0.15, 0.2) is 35.8 Å². The number of thiazole rings is 1. The molecule has 1 aromatic heterocycles. The van der Waals surface area contributed by atoms with Crippen molar-refractivity contribution in [3.8, 4) is 5.75 Å². The van der Waals surface area contributed by atoms with Gasteiger partial charge in [-0.15, -0.1) is 11.3 Å². The highest BCUT2D eigenvalue weighted by Crippen LogP contribution is 2.23. The zero-order valence-electron chi connectivity index (χ0n) is 10.4. The Morgan fingerprint density at radius 3 is 3.06 bits per heavy atom. The number of aromatic nitrogens is 1.